The van der Waals surface area contributed by atoms with Gasteiger partial charge < -0.3 is 37.9 Å². The number of aromatic nitrogens is 2. The summed E-state index contributed by atoms with van der Waals surface area (Å²) >= 11 is 0. The summed E-state index contributed by atoms with van der Waals surface area (Å²) < 4.78 is 24.5. The van der Waals surface area contributed by atoms with Crippen molar-refractivity contribution in [3.05, 3.63) is 101 Å². The highest BCUT2D eigenvalue weighted by Crippen LogP contribution is 2.38. The molecule has 1 saturated heterocycles. The first-order valence-electron chi connectivity index (χ1n) is 17.4. The van der Waals surface area contributed by atoms with Gasteiger partial charge in [0.2, 0.25) is 11.7 Å². The second-order valence-electron chi connectivity index (χ2n) is 13.2. The Morgan fingerprint density at radius 3 is 2.38 bits per heavy atom. The van der Waals surface area contributed by atoms with Gasteiger partial charge in [0.25, 0.3) is 5.91 Å². The normalized spacial score (nSPS) is 14.4. The number of carbonyl (C=O) groups is 1. The number of fused-ring (bicyclic) bond motifs is 1. The van der Waals surface area contributed by atoms with Crippen LogP contribution in [-0.4, -0.2) is 92.9 Å². The highest BCUT2D eigenvalue weighted by molar-refractivity contribution is 5.95. The molecule has 3 heterocycles. The minimum Gasteiger partial charge on any atom is -0.493 e. The molecule has 1 atom stereocenters. The predicted octanol–water partition coefficient (Wildman–Crippen LogP) is 6.78. The molecular formula is C40H49N5O5. The van der Waals surface area contributed by atoms with Gasteiger partial charge in [-0.25, -0.2) is 4.98 Å². The van der Waals surface area contributed by atoms with Crippen LogP contribution in [0.3, 0.4) is 0 Å². The summed E-state index contributed by atoms with van der Waals surface area (Å²) in [7, 11) is 6.55. The van der Waals surface area contributed by atoms with E-state index in [2.05, 4.69) is 64.6 Å². The van der Waals surface area contributed by atoms with Gasteiger partial charge in [-0.3, -0.25) is 4.79 Å². The zero-order valence-corrected chi connectivity index (χ0v) is 30.1. The predicted molar refractivity (Wildman–Crippen MR) is 197 cm³/mol. The Hall–Kier alpha value is -4.96. The van der Waals surface area contributed by atoms with Crippen LogP contribution < -0.4 is 19.1 Å². The average molecular weight is 680 g/mol. The van der Waals surface area contributed by atoms with Crippen LogP contribution in [-0.2, 0) is 6.54 Å². The molecule has 2 aromatic heterocycles. The van der Waals surface area contributed by atoms with Crippen LogP contribution >= 0.6 is 0 Å². The minimum atomic E-state index is -0.0964. The maximum Gasteiger partial charge on any atom is 0.253 e. The third-order valence-electron chi connectivity index (χ3n) is 9.95. The van der Waals surface area contributed by atoms with Crippen LogP contribution in [0, 0.1) is 13.8 Å². The molecule has 10 heteroatoms. The fourth-order valence-corrected chi connectivity index (χ4v) is 6.97. The first-order valence-corrected chi connectivity index (χ1v) is 17.4. The van der Waals surface area contributed by atoms with Gasteiger partial charge in [-0.15, -0.1) is 0 Å². The van der Waals surface area contributed by atoms with E-state index < -0.39 is 0 Å². The van der Waals surface area contributed by atoms with E-state index >= 15 is 0 Å². The lowest BCUT2D eigenvalue weighted by molar-refractivity contribution is 0.0782. The molecule has 1 aliphatic rings. The Labute approximate surface area is 295 Å². The molecule has 50 heavy (non-hydrogen) atoms. The molecule has 5 aromatic rings. The van der Waals surface area contributed by atoms with Gasteiger partial charge in [-0.1, -0.05) is 30.3 Å². The number of para-hydroxylation sites is 2. The van der Waals surface area contributed by atoms with Crippen molar-refractivity contribution < 1.29 is 23.4 Å². The lowest BCUT2D eigenvalue weighted by atomic mass is 9.92. The Morgan fingerprint density at radius 1 is 0.900 bits per heavy atom. The molecule has 3 aromatic carbocycles. The van der Waals surface area contributed by atoms with E-state index in [4.69, 9.17) is 23.6 Å². The summed E-state index contributed by atoms with van der Waals surface area (Å²) in [5.74, 6) is 3.35. The van der Waals surface area contributed by atoms with Crippen LogP contribution in [0.4, 0.5) is 5.95 Å². The first kappa shape index (κ1) is 34.9. The number of nitrogens with zero attached hydrogens (tertiary/aromatic N) is 5. The fraction of sp³-hybridized carbons (Fsp3) is 0.400. The molecule has 10 nitrogen and oxygen atoms in total. The number of hydrogen-bond donors (Lipinski definition) is 0. The van der Waals surface area contributed by atoms with Gasteiger partial charge in [0.15, 0.2) is 11.5 Å². The third kappa shape index (κ3) is 7.60. The largest absolute Gasteiger partial charge is 0.493 e. The monoisotopic (exact) mass is 679 g/mol. The minimum absolute atomic E-state index is 0.0964. The van der Waals surface area contributed by atoms with Gasteiger partial charge >= 0.3 is 0 Å². The molecule has 1 fully saturated rings. The molecule has 1 aliphatic heterocycles. The summed E-state index contributed by atoms with van der Waals surface area (Å²) in [6.07, 6.45) is 3.69. The van der Waals surface area contributed by atoms with Crippen LogP contribution in [0.15, 0.2) is 77.4 Å². The summed E-state index contributed by atoms with van der Waals surface area (Å²) in [5, 5.41) is 0. The Bertz CT molecular complexity index is 1880. The number of carbonyl (C=O) groups excluding carboxylic acids is 1. The lowest BCUT2D eigenvalue weighted by Gasteiger charge is -2.28. The smallest absolute Gasteiger partial charge is 0.253 e. The quantitative estimate of drug-likeness (QED) is 0.135. The van der Waals surface area contributed by atoms with E-state index in [1.54, 1.807) is 39.7 Å². The number of anilines is 1. The zero-order valence-electron chi connectivity index (χ0n) is 30.1. The Balaban J connectivity index is 1.17. The van der Waals surface area contributed by atoms with Crippen LogP contribution in [0.25, 0.3) is 11.0 Å². The molecule has 0 spiro atoms. The summed E-state index contributed by atoms with van der Waals surface area (Å²) in [6, 6.07) is 22.4. The van der Waals surface area contributed by atoms with E-state index in [1.807, 2.05) is 30.1 Å². The molecule has 1 amide bonds. The van der Waals surface area contributed by atoms with Crippen molar-refractivity contribution in [2.24, 2.45) is 0 Å². The van der Waals surface area contributed by atoms with Crippen molar-refractivity contribution in [1.29, 1.82) is 0 Å². The summed E-state index contributed by atoms with van der Waals surface area (Å²) in [6.45, 7) is 10.2. The number of benzene rings is 3. The number of methoxy groups -OCH3 is 3. The van der Waals surface area contributed by atoms with Gasteiger partial charge in [0, 0.05) is 44.7 Å². The van der Waals surface area contributed by atoms with Crippen molar-refractivity contribution in [3.63, 3.8) is 0 Å². The third-order valence-corrected chi connectivity index (χ3v) is 9.95. The van der Waals surface area contributed by atoms with E-state index in [-0.39, 0.29) is 11.8 Å². The number of ether oxygens (including phenoxy) is 3. The van der Waals surface area contributed by atoms with Gasteiger partial charge in [-0.2, -0.15) is 0 Å². The highest BCUT2D eigenvalue weighted by atomic mass is 16.5. The molecule has 0 radical (unpaired) electrons. The lowest BCUT2D eigenvalue weighted by Crippen LogP contribution is -2.35. The Morgan fingerprint density at radius 2 is 1.68 bits per heavy atom. The number of hydrogen-bond acceptors (Lipinski definition) is 8. The molecule has 0 saturated carbocycles. The number of imidazole rings is 1. The second-order valence-corrected chi connectivity index (χ2v) is 13.2. The molecule has 1 unspecified atom stereocenters. The first-order chi connectivity index (χ1) is 24.3. The molecule has 264 valence electrons. The van der Waals surface area contributed by atoms with Crippen molar-refractivity contribution >= 4 is 22.9 Å². The maximum atomic E-state index is 13.8. The molecule has 0 bridgehead atoms. The number of likely N-dealkylation sites (N-methyl/N-ethyl adjacent to an activating group) is 1. The topological polar surface area (TPSA) is 85.4 Å². The number of rotatable bonds is 13. The van der Waals surface area contributed by atoms with Gasteiger partial charge in [0.1, 0.15) is 5.76 Å². The Kier molecular flexibility index (Phi) is 11.0. The number of furan rings is 1. The van der Waals surface area contributed by atoms with Crippen LogP contribution in [0.5, 0.6) is 17.2 Å². The van der Waals surface area contributed by atoms with E-state index in [1.165, 1.54) is 16.7 Å². The van der Waals surface area contributed by atoms with E-state index in [9.17, 15) is 4.79 Å². The van der Waals surface area contributed by atoms with Crippen molar-refractivity contribution in [1.82, 2.24) is 19.4 Å². The highest BCUT2D eigenvalue weighted by Gasteiger charge is 2.25. The zero-order chi connectivity index (χ0) is 35.2. The maximum absolute atomic E-state index is 13.8. The fourth-order valence-electron chi connectivity index (χ4n) is 6.97. The SMILES string of the molecule is COc1cc(C(=O)N(C)CC(CCN2CCCN(c3nc4ccccc4n3Cc3ccco3)CC2)c2ccc(C)c(C)c2)cc(OC)c1OC. The van der Waals surface area contributed by atoms with Crippen LogP contribution in [0.1, 0.15) is 51.6 Å². The second kappa shape index (κ2) is 15.7. The van der Waals surface area contributed by atoms with E-state index in [0.717, 1.165) is 68.3 Å². The van der Waals surface area contributed by atoms with Crippen molar-refractivity contribution in [2.45, 2.75) is 39.2 Å². The van der Waals surface area contributed by atoms with Crippen molar-refractivity contribution in [3.8, 4) is 17.2 Å². The number of amides is 1. The summed E-state index contributed by atoms with van der Waals surface area (Å²) in [4.78, 5) is 25.7. The van der Waals surface area contributed by atoms with Gasteiger partial charge in [-0.05, 0) is 92.9 Å². The van der Waals surface area contributed by atoms with Gasteiger partial charge in [0.05, 0.1) is 45.2 Å². The van der Waals surface area contributed by atoms with Crippen LogP contribution in [0.2, 0.25) is 0 Å². The molecule has 0 aliphatic carbocycles. The average Bonchev–Trinajstić information content (AvgIpc) is 3.72. The molecular weight excluding hydrogens is 630 g/mol. The summed E-state index contributed by atoms with van der Waals surface area (Å²) in [5.41, 5.74) is 6.37. The number of aryl methyl sites for hydroxylation is 2. The van der Waals surface area contributed by atoms with E-state index in [0.29, 0.717) is 35.9 Å². The molecule has 6 rings (SSSR count). The standard InChI is InChI=1S/C40H49N5O5/c1-28-14-15-30(23-29(28)2)31(26-42(3)39(46)32-24-36(47-4)38(49-6)37(25-32)48-5)16-19-43-17-10-18-44(21-20-43)40-41-34-12-7-8-13-35(34)45(40)27-33-11-9-22-50-33/h7-9,11-15,22-25,31H,10,16-21,26-27H2,1-6H3. The molecule has 0 N–H and O–H groups in total. The van der Waals surface area contributed by atoms with Crippen molar-refractivity contribution in [2.75, 3.05) is 72.5 Å².